The van der Waals surface area contributed by atoms with Gasteiger partial charge in [0.2, 0.25) is 0 Å². The molecule has 3 rings (SSSR count). The molecule has 6 heteroatoms. The number of amides is 1. The smallest absolute Gasteiger partial charge is 0.277 e. The van der Waals surface area contributed by atoms with Gasteiger partial charge in [-0.1, -0.05) is 25.7 Å². The second-order valence-corrected chi connectivity index (χ2v) is 7.65. The summed E-state index contributed by atoms with van der Waals surface area (Å²) in [6, 6.07) is 0. The lowest BCUT2D eigenvalue weighted by Gasteiger charge is -2.48. The topological polar surface area (TPSA) is 78.1 Å². The molecule has 0 bridgehead atoms. The maximum absolute atomic E-state index is 12.7. The van der Waals surface area contributed by atoms with Gasteiger partial charge in [0.25, 0.3) is 11.5 Å². The molecule has 1 saturated carbocycles. The van der Waals surface area contributed by atoms with Gasteiger partial charge in [-0.05, 0) is 58.2 Å². The Morgan fingerprint density at radius 3 is 2.44 bits per heavy atom. The molecule has 1 aromatic rings. The molecule has 2 fully saturated rings. The summed E-state index contributed by atoms with van der Waals surface area (Å²) in [4.78, 5) is 27.4. The van der Waals surface area contributed by atoms with E-state index >= 15 is 0 Å². The summed E-state index contributed by atoms with van der Waals surface area (Å²) in [5.74, 6) is -0.272. The van der Waals surface area contributed by atoms with Crippen molar-refractivity contribution in [2.75, 3.05) is 19.6 Å². The number of hydrogen-bond acceptors (Lipinski definition) is 4. The number of aryl methyl sites for hydroxylation is 1. The van der Waals surface area contributed by atoms with Crippen LogP contribution >= 0.6 is 0 Å². The monoisotopic (exact) mass is 346 g/mol. The average molecular weight is 346 g/mol. The molecule has 2 aliphatic rings. The van der Waals surface area contributed by atoms with Gasteiger partial charge in [0.05, 0.1) is 5.69 Å². The zero-order valence-electron chi connectivity index (χ0n) is 15.5. The highest BCUT2D eigenvalue weighted by atomic mass is 16.2. The summed E-state index contributed by atoms with van der Waals surface area (Å²) in [6.45, 7) is 6.48. The van der Waals surface area contributed by atoms with Crippen LogP contribution in [0, 0.1) is 13.8 Å². The SMILES string of the molecule is Cc1n[nH]c(=O)c(C(=O)NCC2(N3CCCCC3)CCCCC2)c1C. The van der Waals surface area contributed by atoms with Crippen LogP contribution in [0.5, 0.6) is 0 Å². The quantitative estimate of drug-likeness (QED) is 0.877. The van der Waals surface area contributed by atoms with E-state index in [1.54, 1.807) is 13.8 Å². The van der Waals surface area contributed by atoms with Crippen molar-refractivity contribution in [3.63, 3.8) is 0 Å². The Balaban J connectivity index is 1.76. The number of H-pyrrole nitrogens is 1. The van der Waals surface area contributed by atoms with E-state index in [2.05, 4.69) is 20.4 Å². The van der Waals surface area contributed by atoms with Crippen LogP contribution in [0.3, 0.4) is 0 Å². The highest BCUT2D eigenvalue weighted by molar-refractivity contribution is 5.95. The predicted molar refractivity (Wildman–Crippen MR) is 97.9 cm³/mol. The number of nitrogens with zero attached hydrogens (tertiary/aromatic N) is 2. The molecule has 1 aliphatic carbocycles. The highest BCUT2D eigenvalue weighted by Crippen LogP contribution is 2.35. The molecule has 0 aromatic carbocycles. The van der Waals surface area contributed by atoms with Gasteiger partial charge in [0.1, 0.15) is 5.56 Å². The summed E-state index contributed by atoms with van der Waals surface area (Å²) >= 11 is 0. The van der Waals surface area contributed by atoms with Crippen molar-refractivity contribution >= 4 is 5.91 Å². The standard InChI is InChI=1S/C19H30N4O2/c1-14-15(2)21-22-18(25)16(14)17(24)20-13-19(9-5-3-6-10-19)23-11-7-4-8-12-23/h3-13H2,1-2H3,(H,20,24)(H,22,25). The zero-order chi connectivity index (χ0) is 17.9. The van der Waals surface area contributed by atoms with Crippen LogP contribution in [-0.4, -0.2) is 46.2 Å². The van der Waals surface area contributed by atoms with Crippen LogP contribution in [-0.2, 0) is 0 Å². The van der Waals surface area contributed by atoms with E-state index < -0.39 is 5.56 Å². The molecular formula is C19H30N4O2. The van der Waals surface area contributed by atoms with Crippen molar-refractivity contribution in [1.82, 2.24) is 20.4 Å². The van der Waals surface area contributed by atoms with Gasteiger partial charge in [-0.25, -0.2) is 5.10 Å². The first-order valence-electron chi connectivity index (χ1n) is 9.63. The first-order valence-corrected chi connectivity index (χ1v) is 9.63. The Labute approximate surface area is 149 Å². The number of aromatic amines is 1. The summed E-state index contributed by atoms with van der Waals surface area (Å²) in [5.41, 5.74) is 1.22. The largest absolute Gasteiger partial charge is 0.350 e. The fourth-order valence-electron chi connectivity index (χ4n) is 4.42. The number of piperidine rings is 1. The first-order chi connectivity index (χ1) is 12.0. The maximum Gasteiger partial charge on any atom is 0.277 e. The molecule has 25 heavy (non-hydrogen) atoms. The van der Waals surface area contributed by atoms with Gasteiger partial charge in [-0.15, -0.1) is 0 Å². The van der Waals surface area contributed by atoms with Gasteiger partial charge in [-0.2, -0.15) is 5.10 Å². The first kappa shape index (κ1) is 18.1. The minimum Gasteiger partial charge on any atom is -0.350 e. The van der Waals surface area contributed by atoms with Crippen molar-refractivity contribution in [3.8, 4) is 0 Å². The number of carbonyl (C=O) groups is 1. The predicted octanol–water partition coefficient (Wildman–Crippen LogP) is 2.31. The van der Waals surface area contributed by atoms with Gasteiger partial charge >= 0.3 is 0 Å². The third kappa shape index (κ3) is 3.78. The Morgan fingerprint density at radius 2 is 1.76 bits per heavy atom. The number of aromatic nitrogens is 2. The number of hydrogen-bond donors (Lipinski definition) is 2. The van der Waals surface area contributed by atoms with Crippen molar-refractivity contribution in [2.24, 2.45) is 0 Å². The van der Waals surface area contributed by atoms with Gasteiger partial charge in [0.15, 0.2) is 0 Å². The van der Waals surface area contributed by atoms with Gasteiger partial charge in [-0.3, -0.25) is 14.5 Å². The Kier molecular flexibility index (Phi) is 5.57. The fraction of sp³-hybridized carbons (Fsp3) is 0.737. The summed E-state index contributed by atoms with van der Waals surface area (Å²) in [5, 5.41) is 9.44. The third-order valence-corrected chi connectivity index (χ3v) is 6.09. The molecule has 0 radical (unpaired) electrons. The van der Waals surface area contributed by atoms with Crippen LogP contribution in [0.25, 0.3) is 0 Å². The van der Waals surface area contributed by atoms with Crippen LogP contribution in [0.4, 0.5) is 0 Å². The number of nitrogens with one attached hydrogen (secondary N) is 2. The van der Waals surface area contributed by atoms with E-state index in [0.29, 0.717) is 17.8 Å². The normalized spacial score (nSPS) is 21.0. The van der Waals surface area contributed by atoms with Crippen LogP contribution in [0.1, 0.15) is 73.0 Å². The molecule has 2 N–H and O–H groups in total. The molecule has 1 aromatic heterocycles. The van der Waals surface area contributed by atoms with Crippen molar-refractivity contribution in [2.45, 2.75) is 70.8 Å². The molecule has 2 heterocycles. The lowest BCUT2D eigenvalue weighted by atomic mass is 9.79. The van der Waals surface area contributed by atoms with E-state index in [-0.39, 0.29) is 17.0 Å². The van der Waals surface area contributed by atoms with E-state index in [1.165, 1.54) is 38.5 Å². The Morgan fingerprint density at radius 1 is 1.12 bits per heavy atom. The second-order valence-electron chi connectivity index (χ2n) is 7.65. The van der Waals surface area contributed by atoms with Gasteiger partial charge in [0, 0.05) is 12.1 Å². The Hall–Kier alpha value is -1.69. The van der Waals surface area contributed by atoms with E-state index in [9.17, 15) is 9.59 Å². The second kappa shape index (κ2) is 7.68. The fourth-order valence-corrected chi connectivity index (χ4v) is 4.42. The Bertz CT molecular complexity index is 670. The maximum atomic E-state index is 12.7. The molecule has 0 spiro atoms. The van der Waals surface area contributed by atoms with Crippen LogP contribution in [0.15, 0.2) is 4.79 Å². The van der Waals surface area contributed by atoms with Gasteiger partial charge < -0.3 is 5.32 Å². The lowest BCUT2D eigenvalue weighted by molar-refractivity contribution is 0.0326. The van der Waals surface area contributed by atoms with E-state index in [1.807, 2.05) is 0 Å². The molecule has 0 atom stereocenters. The minimum atomic E-state index is -0.406. The molecule has 1 saturated heterocycles. The molecule has 6 nitrogen and oxygen atoms in total. The van der Waals surface area contributed by atoms with E-state index in [4.69, 9.17) is 0 Å². The van der Waals surface area contributed by atoms with Crippen molar-refractivity contribution in [3.05, 3.63) is 27.2 Å². The summed E-state index contributed by atoms with van der Waals surface area (Å²) in [6.07, 6.45) is 9.81. The zero-order valence-corrected chi connectivity index (χ0v) is 15.5. The minimum absolute atomic E-state index is 0.0665. The summed E-state index contributed by atoms with van der Waals surface area (Å²) in [7, 11) is 0. The lowest BCUT2D eigenvalue weighted by Crippen LogP contribution is -2.58. The van der Waals surface area contributed by atoms with E-state index in [0.717, 1.165) is 25.9 Å². The van der Waals surface area contributed by atoms with Crippen molar-refractivity contribution < 1.29 is 4.79 Å². The third-order valence-electron chi connectivity index (χ3n) is 6.09. The highest BCUT2D eigenvalue weighted by Gasteiger charge is 2.38. The number of carbonyl (C=O) groups excluding carboxylic acids is 1. The van der Waals surface area contributed by atoms with Crippen molar-refractivity contribution in [1.29, 1.82) is 0 Å². The van der Waals surface area contributed by atoms with Crippen LogP contribution < -0.4 is 10.9 Å². The molecule has 1 aliphatic heterocycles. The number of likely N-dealkylation sites (tertiary alicyclic amines) is 1. The molecule has 138 valence electrons. The molecular weight excluding hydrogens is 316 g/mol. The summed E-state index contributed by atoms with van der Waals surface area (Å²) < 4.78 is 0. The molecule has 0 unspecified atom stereocenters. The molecule has 1 amide bonds. The van der Waals surface area contributed by atoms with Crippen LogP contribution in [0.2, 0.25) is 0 Å². The number of rotatable bonds is 4. The average Bonchev–Trinajstić information content (AvgIpc) is 2.65.